The molecule has 0 saturated carbocycles. The minimum absolute atomic E-state index is 0. The summed E-state index contributed by atoms with van der Waals surface area (Å²) in [7, 11) is 1.59. The highest BCUT2D eigenvalue weighted by molar-refractivity contribution is 14.0. The van der Waals surface area contributed by atoms with Gasteiger partial charge in [0.1, 0.15) is 11.5 Å². The van der Waals surface area contributed by atoms with Crippen LogP contribution in [0, 0.1) is 5.92 Å². The number of halogens is 1. The molecule has 1 aliphatic heterocycles. The molecular formula is C19H30IN3O4. The molecule has 1 aromatic carbocycles. The van der Waals surface area contributed by atoms with Crippen LogP contribution in [0.5, 0.6) is 11.5 Å². The number of guanidine groups is 1. The number of ether oxygens (including phenoxy) is 2. The van der Waals surface area contributed by atoms with E-state index in [1.807, 2.05) is 13.8 Å². The molecule has 2 rings (SSSR count). The Bertz CT molecular complexity index is 639. The molecule has 1 unspecified atom stereocenters. The zero-order valence-corrected chi connectivity index (χ0v) is 18.6. The van der Waals surface area contributed by atoms with E-state index in [4.69, 9.17) is 9.47 Å². The fraction of sp³-hybridized carbons (Fsp3) is 0.579. The minimum atomic E-state index is -0.140. The molecule has 1 atom stereocenters. The smallest absolute Gasteiger partial charge is 0.310 e. The second kappa shape index (κ2) is 11.9. The molecule has 0 bridgehead atoms. The van der Waals surface area contributed by atoms with Gasteiger partial charge >= 0.3 is 5.97 Å². The molecule has 27 heavy (non-hydrogen) atoms. The molecule has 8 heteroatoms. The molecule has 1 aromatic rings. The summed E-state index contributed by atoms with van der Waals surface area (Å²) in [5.41, 5.74) is 0.693. The Morgan fingerprint density at radius 3 is 2.85 bits per heavy atom. The van der Waals surface area contributed by atoms with Gasteiger partial charge in [0.2, 0.25) is 0 Å². The summed E-state index contributed by atoms with van der Waals surface area (Å²) < 4.78 is 10.4. The molecule has 7 nitrogen and oxygen atoms in total. The fourth-order valence-corrected chi connectivity index (χ4v) is 3.02. The fourth-order valence-electron chi connectivity index (χ4n) is 3.02. The van der Waals surface area contributed by atoms with Gasteiger partial charge in [0.05, 0.1) is 26.2 Å². The molecule has 1 heterocycles. The molecule has 1 saturated heterocycles. The number of rotatable bonds is 6. The van der Waals surface area contributed by atoms with Gasteiger partial charge in [0, 0.05) is 25.2 Å². The SMILES string of the molecule is CCNC(=NCc1cc(OC)ccc1O)N1CCCC(C(=O)OCC)C1.I. The second-order valence-corrected chi connectivity index (χ2v) is 6.20. The number of hydrogen-bond donors (Lipinski definition) is 2. The summed E-state index contributed by atoms with van der Waals surface area (Å²) in [6.07, 6.45) is 1.75. The molecule has 1 fully saturated rings. The van der Waals surface area contributed by atoms with Crippen LogP contribution in [0.3, 0.4) is 0 Å². The van der Waals surface area contributed by atoms with Gasteiger partial charge in [-0.15, -0.1) is 24.0 Å². The topological polar surface area (TPSA) is 83.4 Å². The van der Waals surface area contributed by atoms with Crippen molar-refractivity contribution in [1.82, 2.24) is 10.2 Å². The summed E-state index contributed by atoms with van der Waals surface area (Å²) in [5.74, 6) is 1.34. The quantitative estimate of drug-likeness (QED) is 0.276. The number of likely N-dealkylation sites (tertiary alicyclic amines) is 1. The van der Waals surface area contributed by atoms with Crippen molar-refractivity contribution in [2.24, 2.45) is 10.9 Å². The van der Waals surface area contributed by atoms with Gasteiger partial charge in [-0.1, -0.05) is 0 Å². The lowest BCUT2D eigenvalue weighted by atomic mass is 9.98. The number of nitrogens with zero attached hydrogens (tertiary/aromatic N) is 2. The predicted octanol–water partition coefficient (Wildman–Crippen LogP) is 2.76. The molecule has 0 aromatic heterocycles. The second-order valence-electron chi connectivity index (χ2n) is 6.20. The zero-order valence-electron chi connectivity index (χ0n) is 16.2. The van der Waals surface area contributed by atoms with Crippen molar-refractivity contribution >= 4 is 35.9 Å². The highest BCUT2D eigenvalue weighted by Crippen LogP contribution is 2.24. The minimum Gasteiger partial charge on any atom is -0.508 e. The van der Waals surface area contributed by atoms with Gasteiger partial charge in [-0.05, 0) is 44.9 Å². The summed E-state index contributed by atoms with van der Waals surface area (Å²) in [4.78, 5) is 18.8. The van der Waals surface area contributed by atoms with Gasteiger partial charge in [-0.2, -0.15) is 0 Å². The lowest BCUT2D eigenvalue weighted by molar-refractivity contribution is -0.149. The van der Waals surface area contributed by atoms with Crippen LogP contribution in [-0.2, 0) is 16.1 Å². The highest BCUT2D eigenvalue weighted by Gasteiger charge is 2.28. The molecule has 0 aliphatic carbocycles. The maximum Gasteiger partial charge on any atom is 0.310 e. The number of aliphatic imine (C=N–C) groups is 1. The van der Waals surface area contributed by atoms with E-state index in [0.29, 0.717) is 31.0 Å². The number of phenolic OH excluding ortho intramolecular Hbond substituents is 1. The van der Waals surface area contributed by atoms with E-state index in [9.17, 15) is 9.90 Å². The number of esters is 1. The molecule has 2 N–H and O–H groups in total. The van der Waals surface area contributed by atoms with Crippen LogP contribution < -0.4 is 10.1 Å². The maximum atomic E-state index is 12.1. The van der Waals surface area contributed by atoms with Gasteiger partial charge in [0.15, 0.2) is 5.96 Å². The Balaban J connectivity index is 0.00000364. The molecule has 0 radical (unpaired) electrons. The lowest BCUT2D eigenvalue weighted by Gasteiger charge is -2.34. The van der Waals surface area contributed by atoms with Crippen LogP contribution in [0.4, 0.5) is 0 Å². The number of aromatic hydroxyl groups is 1. The monoisotopic (exact) mass is 491 g/mol. The summed E-state index contributed by atoms with van der Waals surface area (Å²) in [5, 5.41) is 13.3. The summed E-state index contributed by atoms with van der Waals surface area (Å²) in [6, 6.07) is 5.09. The van der Waals surface area contributed by atoms with Crippen molar-refractivity contribution < 1.29 is 19.4 Å². The summed E-state index contributed by atoms with van der Waals surface area (Å²) >= 11 is 0. The van der Waals surface area contributed by atoms with Crippen molar-refractivity contribution in [3.05, 3.63) is 23.8 Å². The third-order valence-corrected chi connectivity index (χ3v) is 4.36. The van der Waals surface area contributed by atoms with Crippen molar-refractivity contribution in [2.75, 3.05) is 33.4 Å². The molecule has 0 amide bonds. The third-order valence-electron chi connectivity index (χ3n) is 4.36. The first kappa shape index (κ1) is 23.3. The Labute approximate surface area is 178 Å². The van der Waals surface area contributed by atoms with Gasteiger partial charge in [-0.25, -0.2) is 4.99 Å². The molecule has 152 valence electrons. The predicted molar refractivity (Wildman–Crippen MR) is 116 cm³/mol. The average Bonchev–Trinajstić information content (AvgIpc) is 2.66. The number of carbonyl (C=O) groups is 1. The Morgan fingerprint density at radius 2 is 2.19 bits per heavy atom. The van der Waals surface area contributed by atoms with Gasteiger partial charge < -0.3 is 24.8 Å². The molecule has 1 aliphatic rings. The van der Waals surface area contributed by atoms with E-state index in [1.165, 1.54) is 0 Å². The van der Waals surface area contributed by atoms with Crippen LogP contribution in [0.25, 0.3) is 0 Å². The van der Waals surface area contributed by atoms with E-state index in [2.05, 4.69) is 15.2 Å². The number of phenols is 1. The highest BCUT2D eigenvalue weighted by atomic mass is 127. The lowest BCUT2D eigenvalue weighted by Crippen LogP contribution is -2.48. The van der Waals surface area contributed by atoms with Crippen LogP contribution in [0.2, 0.25) is 0 Å². The van der Waals surface area contributed by atoms with Crippen molar-refractivity contribution in [1.29, 1.82) is 0 Å². The number of nitrogens with one attached hydrogen (secondary N) is 1. The first-order valence-corrected chi connectivity index (χ1v) is 9.14. The van der Waals surface area contributed by atoms with Crippen LogP contribution in [0.15, 0.2) is 23.2 Å². The van der Waals surface area contributed by atoms with Gasteiger partial charge in [0.25, 0.3) is 0 Å². The first-order chi connectivity index (χ1) is 12.6. The van der Waals surface area contributed by atoms with E-state index < -0.39 is 0 Å². The van der Waals surface area contributed by atoms with Crippen LogP contribution >= 0.6 is 24.0 Å². The summed E-state index contributed by atoms with van der Waals surface area (Å²) in [6.45, 7) is 6.71. The standard InChI is InChI=1S/C19H29N3O4.HI/c1-4-20-19(21-12-15-11-16(25-3)8-9-17(15)23)22-10-6-7-14(13-22)18(24)26-5-2;/h8-9,11,14,23H,4-7,10,12-13H2,1-3H3,(H,20,21);1H. The zero-order chi connectivity index (χ0) is 18.9. The Kier molecular flexibility index (Phi) is 10.3. The number of benzene rings is 1. The number of piperidine rings is 1. The third kappa shape index (κ3) is 6.75. The molecular weight excluding hydrogens is 461 g/mol. The maximum absolute atomic E-state index is 12.1. The first-order valence-electron chi connectivity index (χ1n) is 9.14. The van der Waals surface area contributed by atoms with Crippen LogP contribution in [-0.4, -0.2) is 55.3 Å². The molecule has 0 spiro atoms. The Morgan fingerprint density at radius 1 is 1.41 bits per heavy atom. The van der Waals surface area contributed by atoms with E-state index in [0.717, 1.165) is 31.9 Å². The van der Waals surface area contributed by atoms with Crippen molar-refractivity contribution in [2.45, 2.75) is 33.2 Å². The number of hydrogen-bond acceptors (Lipinski definition) is 5. The van der Waals surface area contributed by atoms with E-state index >= 15 is 0 Å². The Hall–Kier alpha value is -1.71. The number of carbonyl (C=O) groups excluding carboxylic acids is 1. The average molecular weight is 491 g/mol. The van der Waals surface area contributed by atoms with Gasteiger partial charge in [-0.3, -0.25) is 4.79 Å². The number of methoxy groups -OCH3 is 1. The normalized spacial score (nSPS) is 17.1. The van der Waals surface area contributed by atoms with Crippen molar-refractivity contribution in [3.63, 3.8) is 0 Å². The van der Waals surface area contributed by atoms with E-state index in [-0.39, 0.29) is 41.6 Å². The largest absolute Gasteiger partial charge is 0.508 e. The van der Waals surface area contributed by atoms with Crippen LogP contribution in [0.1, 0.15) is 32.3 Å². The van der Waals surface area contributed by atoms with Crippen molar-refractivity contribution in [3.8, 4) is 11.5 Å². The van der Waals surface area contributed by atoms with E-state index in [1.54, 1.807) is 25.3 Å².